The summed E-state index contributed by atoms with van der Waals surface area (Å²) in [5.74, 6) is 0. The normalized spacial score (nSPS) is 12.3. The molecule has 0 aliphatic carbocycles. The molecule has 0 aromatic carbocycles. The van der Waals surface area contributed by atoms with Gasteiger partial charge in [-0.1, -0.05) is 19.8 Å². The molecule has 0 amide bonds. The molecule has 0 saturated carbocycles. The van der Waals surface area contributed by atoms with Crippen LogP contribution in [0.1, 0.15) is 26.2 Å². The molecule has 14 heavy (non-hydrogen) atoms. The molecule has 5 nitrogen and oxygen atoms in total. The fraction of sp³-hybridized carbons (Fsp3) is 1.00. The Morgan fingerprint density at radius 1 is 1.07 bits per heavy atom. The first-order valence-electron chi connectivity index (χ1n) is 3.36. The van der Waals surface area contributed by atoms with Crippen LogP contribution < -0.4 is 59.1 Å². The van der Waals surface area contributed by atoms with Gasteiger partial charge in [0.1, 0.15) is 0 Å². The van der Waals surface area contributed by atoms with Gasteiger partial charge in [-0.25, -0.2) is 0 Å². The van der Waals surface area contributed by atoms with Gasteiger partial charge in [0.2, 0.25) is 0 Å². The van der Waals surface area contributed by atoms with E-state index in [4.69, 9.17) is 22.6 Å². The number of hydrogen-bond acceptors (Lipinski definition) is 5. The van der Waals surface area contributed by atoms with E-state index in [1.807, 2.05) is 0 Å². The summed E-state index contributed by atoms with van der Waals surface area (Å²) in [5.41, 5.74) is 0. The van der Waals surface area contributed by atoms with Gasteiger partial charge in [-0.15, -0.1) is 0 Å². The van der Waals surface area contributed by atoms with Crippen molar-refractivity contribution in [2.24, 2.45) is 0 Å². The Labute approximate surface area is 133 Å². The SMILES string of the molecule is CCCCCO.O=S([O-])S(=O)[O-].[Na+].[Na+]. The van der Waals surface area contributed by atoms with E-state index in [9.17, 15) is 0 Å². The Kier molecular flexibility index (Phi) is 36.9. The standard InChI is InChI=1S/C5H12O.2Na.H2O4S2/c1-2-3-4-5-6;;;1-5(2)6(3)4/h6H,2-5H2,1H3;;;(H,1,2)(H,3,4)/q;2*+1;/p-2. The van der Waals surface area contributed by atoms with Gasteiger partial charge in [-0.2, -0.15) is 0 Å². The van der Waals surface area contributed by atoms with Crippen molar-refractivity contribution in [1.82, 2.24) is 0 Å². The van der Waals surface area contributed by atoms with Gasteiger partial charge in [0.25, 0.3) is 0 Å². The maximum absolute atomic E-state index is 9.09. The number of aliphatic hydroxyl groups is 1. The summed E-state index contributed by atoms with van der Waals surface area (Å²) in [6, 6.07) is 0. The molecule has 0 spiro atoms. The molecule has 0 saturated heterocycles. The zero-order valence-electron chi connectivity index (χ0n) is 8.73. The summed E-state index contributed by atoms with van der Waals surface area (Å²) >= 11 is 0. The van der Waals surface area contributed by atoms with Gasteiger partial charge in [0.15, 0.2) is 0 Å². The summed E-state index contributed by atoms with van der Waals surface area (Å²) in [7, 11) is -5.90. The van der Waals surface area contributed by atoms with E-state index in [-0.39, 0.29) is 59.1 Å². The van der Waals surface area contributed by atoms with Crippen molar-refractivity contribution >= 4 is 20.2 Å². The van der Waals surface area contributed by atoms with Crippen LogP contribution >= 0.6 is 0 Å². The van der Waals surface area contributed by atoms with Gasteiger partial charge < -0.3 is 14.2 Å². The van der Waals surface area contributed by atoms with Crippen molar-refractivity contribution < 1.29 is 81.7 Å². The van der Waals surface area contributed by atoms with Crippen LogP contribution in [0.25, 0.3) is 0 Å². The van der Waals surface area contributed by atoms with Crippen LogP contribution in [-0.4, -0.2) is 29.2 Å². The Morgan fingerprint density at radius 3 is 1.50 bits per heavy atom. The predicted molar refractivity (Wildman–Crippen MR) is 44.5 cm³/mol. The molecular formula is C5H12Na2O5S2. The molecule has 0 bridgehead atoms. The first kappa shape index (κ1) is 25.1. The predicted octanol–water partition coefficient (Wildman–Crippen LogP) is -6.16. The van der Waals surface area contributed by atoms with Crippen LogP contribution in [0.2, 0.25) is 0 Å². The van der Waals surface area contributed by atoms with Crippen molar-refractivity contribution in [3.8, 4) is 0 Å². The minimum atomic E-state index is -2.95. The van der Waals surface area contributed by atoms with Gasteiger partial charge in [-0.05, 0) is 6.42 Å². The fourth-order valence-electron chi connectivity index (χ4n) is 0.362. The van der Waals surface area contributed by atoms with Gasteiger partial charge in [0, 0.05) is 26.8 Å². The maximum atomic E-state index is 9.09. The molecule has 76 valence electrons. The summed E-state index contributed by atoms with van der Waals surface area (Å²) in [6.45, 7) is 2.48. The minimum absolute atomic E-state index is 0. The summed E-state index contributed by atoms with van der Waals surface area (Å²) in [5, 5.41) is 8.20. The Balaban J connectivity index is -0.0000000625. The molecule has 1 N–H and O–H groups in total. The summed E-state index contributed by atoms with van der Waals surface area (Å²) in [6.07, 6.45) is 3.33. The van der Waals surface area contributed by atoms with Crippen LogP contribution in [0.4, 0.5) is 0 Å². The van der Waals surface area contributed by atoms with Crippen LogP contribution in [0.3, 0.4) is 0 Å². The average molecular weight is 262 g/mol. The zero-order chi connectivity index (χ0) is 9.98. The topological polar surface area (TPSA) is 100 Å². The van der Waals surface area contributed by atoms with E-state index in [1.165, 1.54) is 6.42 Å². The second-order valence-electron chi connectivity index (χ2n) is 1.84. The molecule has 0 aliphatic rings. The minimum Gasteiger partial charge on any atom is -0.763 e. The molecule has 2 unspecified atom stereocenters. The summed E-state index contributed by atoms with van der Waals surface area (Å²) in [4.78, 5) is 0. The van der Waals surface area contributed by atoms with Crippen LogP contribution in [0.5, 0.6) is 0 Å². The van der Waals surface area contributed by atoms with Gasteiger partial charge in [-0.3, -0.25) is 8.42 Å². The molecule has 0 aromatic heterocycles. The molecule has 0 heterocycles. The van der Waals surface area contributed by atoms with E-state index in [2.05, 4.69) is 6.92 Å². The van der Waals surface area contributed by atoms with Crippen molar-refractivity contribution in [2.75, 3.05) is 6.61 Å². The van der Waals surface area contributed by atoms with Crippen LogP contribution in [-0.2, 0) is 20.2 Å². The number of aliphatic hydroxyl groups excluding tert-OH is 1. The van der Waals surface area contributed by atoms with Crippen molar-refractivity contribution in [3.05, 3.63) is 0 Å². The Morgan fingerprint density at radius 2 is 1.43 bits per heavy atom. The van der Waals surface area contributed by atoms with Crippen LogP contribution in [0.15, 0.2) is 0 Å². The summed E-state index contributed by atoms with van der Waals surface area (Å²) < 4.78 is 36.3. The Hall–Kier alpha value is 2.18. The molecule has 0 rings (SSSR count). The third-order valence-corrected chi connectivity index (χ3v) is 1.76. The van der Waals surface area contributed by atoms with E-state index in [0.717, 1.165) is 12.8 Å². The average Bonchev–Trinajstić information content (AvgIpc) is 2.02. The number of rotatable bonds is 4. The smallest absolute Gasteiger partial charge is 0.763 e. The first-order valence-corrected chi connectivity index (χ1v) is 6.02. The fourth-order valence-corrected chi connectivity index (χ4v) is 0.362. The van der Waals surface area contributed by atoms with E-state index < -0.39 is 20.2 Å². The van der Waals surface area contributed by atoms with Crippen LogP contribution in [0, 0.1) is 0 Å². The van der Waals surface area contributed by atoms with E-state index in [0.29, 0.717) is 6.61 Å². The second kappa shape index (κ2) is 20.6. The molecule has 0 radical (unpaired) electrons. The quantitative estimate of drug-likeness (QED) is 0.235. The molecule has 2 atom stereocenters. The molecule has 0 aromatic rings. The Bertz CT molecular complexity index is 130. The third-order valence-electron chi connectivity index (χ3n) is 0.873. The first-order chi connectivity index (χ1) is 5.56. The van der Waals surface area contributed by atoms with Crippen molar-refractivity contribution in [2.45, 2.75) is 26.2 Å². The van der Waals surface area contributed by atoms with E-state index in [1.54, 1.807) is 0 Å². The van der Waals surface area contributed by atoms with Gasteiger partial charge >= 0.3 is 59.1 Å². The number of hydrogen-bond donors (Lipinski definition) is 1. The molecule has 9 heteroatoms. The van der Waals surface area contributed by atoms with Gasteiger partial charge in [0.05, 0.1) is 0 Å². The molecule has 0 aliphatic heterocycles. The monoisotopic (exact) mass is 262 g/mol. The third kappa shape index (κ3) is 29.2. The molecule has 0 fully saturated rings. The van der Waals surface area contributed by atoms with Crippen molar-refractivity contribution in [3.63, 3.8) is 0 Å². The number of unbranched alkanes of at least 4 members (excludes halogenated alkanes) is 2. The maximum Gasteiger partial charge on any atom is 1.00 e. The van der Waals surface area contributed by atoms with E-state index >= 15 is 0 Å². The molecular weight excluding hydrogens is 250 g/mol. The largest absolute Gasteiger partial charge is 1.00 e. The van der Waals surface area contributed by atoms with Crippen molar-refractivity contribution in [1.29, 1.82) is 0 Å². The second-order valence-corrected chi connectivity index (χ2v) is 4.29. The zero-order valence-corrected chi connectivity index (χ0v) is 14.4.